The van der Waals surface area contributed by atoms with E-state index in [9.17, 15) is 9.90 Å². The van der Waals surface area contributed by atoms with Crippen LogP contribution >= 0.6 is 0 Å². The van der Waals surface area contributed by atoms with Gasteiger partial charge in [0.25, 0.3) is 0 Å². The molecule has 1 heterocycles. The average molecular weight is 245 g/mol. The molecule has 1 fully saturated rings. The highest BCUT2D eigenvalue weighted by Crippen LogP contribution is 2.17. The SMILES string of the molecule is O=C(/C=C/c1ccccc1O)N1CCCCCC1. The molecule has 1 aliphatic heterocycles. The Kier molecular flexibility index (Phi) is 4.40. The predicted molar refractivity (Wildman–Crippen MR) is 72.2 cm³/mol. The third kappa shape index (κ3) is 3.36. The molecule has 0 aromatic heterocycles. The maximum absolute atomic E-state index is 12.0. The van der Waals surface area contributed by atoms with Gasteiger partial charge in [-0.15, -0.1) is 0 Å². The van der Waals surface area contributed by atoms with Gasteiger partial charge in [0.1, 0.15) is 5.75 Å². The smallest absolute Gasteiger partial charge is 0.246 e. The number of para-hydroxylation sites is 1. The van der Waals surface area contributed by atoms with E-state index in [1.54, 1.807) is 30.4 Å². The quantitative estimate of drug-likeness (QED) is 0.814. The molecule has 3 nitrogen and oxygen atoms in total. The number of hydrogen-bond acceptors (Lipinski definition) is 2. The van der Waals surface area contributed by atoms with E-state index in [0.717, 1.165) is 25.9 Å². The van der Waals surface area contributed by atoms with Crippen molar-refractivity contribution in [3.8, 4) is 5.75 Å². The van der Waals surface area contributed by atoms with E-state index in [-0.39, 0.29) is 11.7 Å². The highest BCUT2D eigenvalue weighted by atomic mass is 16.3. The van der Waals surface area contributed by atoms with E-state index in [4.69, 9.17) is 0 Å². The average Bonchev–Trinajstić information content (AvgIpc) is 2.66. The molecule has 1 N–H and O–H groups in total. The number of hydrogen-bond donors (Lipinski definition) is 1. The Morgan fingerprint density at radius 2 is 1.78 bits per heavy atom. The van der Waals surface area contributed by atoms with Gasteiger partial charge in [-0.3, -0.25) is 4.79 Å². The third-order valence-corrected chi connectivity index (χ3v) is 3.26. The fourth-order valence-electron chi connectivity index (χ4n) is 2.19. The summed E-state index contributed by atoms with van der Waals surface area (Å²) < 4.78 is 0. The molecule has 0 bridgehead atoms. The van der Waals surface area contributed by atoms with E-state index in [0.29, 0.717) is 5.56 Å². The van der Waals surface area contributed by atoms with E-state index >= 15 is 0 Å². The van der Waals surface area contributed by atoms with Crippen molar-refractivity contribution in [2.24, 2.45) is 0 Å². The Hall–Kier alpha value is -1.77. The molecule has 1 amide bonds. The van der Waals surface area contributed by atoms with Crippen LogP contribution in [0.5, 0.6) is 5.75 Å². The van der Waals surface area contributed by atoms with E-state index in [1.807, 2.05) is 11.0 Å². The lowest BCUT2D eigenvalue weighted by molar-refractivity contribution is -0.125. The minimum absolute atomic E-state index is 0.0418. The summed E-state index contributed by atoms with van der Waals surface area (Å²) in [7, 11) is 0. The van der Waals surface area contributed by atoms with Crippen molar-refractivity contribution in [3.05, 3.63) is 35.9 Å². The maximum atomic E-state index is 12.0. The van der Waals surface area contributed by atoms with Crippen LogP contribution in [0.2, 0.25) is 0 Å². The van der Waals surface area contributed by atoms with Crippen LogP contribution in [0.4, 0.5) is 0 Å². The molecule has 1 aliphatic rings. The number of nitrogens with zero attached hydrogens (tertiary/aromatic N) is 1. The van der Waals surface area contributed by atoms with Crippen LogP contribution in [0.1, 0.15) is 31.2 Å². The van der Waals surface area contributed by atoms with Crippen molar-refractivity contribution >= 4 is 12.0 Å². The van der Waals surface area contributed by atoms with Crippen molar-refractivity contribution in [1.29, 1.82) is 0 Å². The number of amides is 1. The summed E-state index contributed by atoms with van der Waals surface area (Å²) in [6, 6.07) is 7.02. The lowest BCUT2D eigenvalue weighted by Gasteiger charge is -2.17. The van der Waals surface area contributed by atoms with E-state index in [2.05, 4.69) is 0 Å². The van der Waals surface area contributed by atoms with Crippen LogP contribution in [-0.2, 0) is 4.79 Å². The second-order valence-electron chi connectivity index (χ2n) is 4.63. The number of carbonyl (C=O) groups excluding carboxylic acids is 1. The van der Waals surface area contributed by atoms with Crippen LogP contribution in [0, 0.1) is 0 Å². The Labute approximate surface area is 108 Å². The molecule has 0 saturated carbocycles. The van der Waals surface area contributed by atoms with Crippen molar-refractivity contribution in [1.82, 2.24) is 4.90 Å². The molecule has 1 aromatic carbocycles. The van der Waals surface area contributed by atoms with Gasteiger partial charge < -0.3 is 10.0 Å². The van der Waals surface area contributed by atoms with Crippen LogP contribution < -0.4 is 0 Å². The minimum atomic E-state index is 0.0418. The van der Waals surface area contributed by atoms with Crippen LogP contribution in [0.25, 0.3) is 6.08 Å². The number of carbonyl (C=O) groups is 1. The van der Waals surface area contributed by atoms with E-state index < -0.39 is 0 Å². The summed E-state index contributed by atoms with van der Waals surface area (Å²) in [4.78, 5) is 13.9. The fraction of sp³-hybridized carbons (Fsp3) is 0.400. The van der Waals surface area contributed by atoms with Crippen molar-refractivity contribution in [3.63, 3.8) is 0 Å². The van der Waals surface area contributed by atoms with Gasteiger partial charge in [0.2, 0.25) is 5.91 Å². The molecule has 1 aromatic rings. The molecule has 0 unspecified atom stereocenters. The van der Waals surface area contributed by atoms with Gasteiger partial charge in [0.05, 0.1) is 0 Å². The zero-order valence-corrected chi connectivity index (χ0v) is 10.5. The van der Waals surface area contributed by atoms with Gasteiger partial charge in [-0.25, -0.2) is 0 Å². The molecule has 3 heteroatoms. The normalized spacial score (nSPS) is 16.8. The summed E-state index contributed by atoms with van der Waals surface area (Å²) in [5.74, 6) is 0.248. The number of phenols is 1. The van der Waals surface area contributed by atoms with Crippen LogP contribution in [0.15, 0.2) is 30.3 Å². The third-order valence-electron chi connectivity index (χ3n) is 3.26. The highest BCUT2D eigenvalue weighted by molar-refractivity contribution is 5.92. The van der Waals surface area contributed by atoms with Crippen LogP contribution in [0.3, 0.4) is 0 Å². The number of aromatic hydroxyl groups is 1. The zero-order chi connectivity index (χ0) is 12.8. The number of rotatable bonds is 2. The summed E-state index contributed by atoms with van der Waals surface area (Å²) >= 11 is 0. The Bertz CT molecular complexity index is 432. The summed E-state index contributed by atoms with van der Waals surface area (Å²) in [6.45, 7) is 1.70. The molecule has 1 saturated heterocycles. The highest BCUT2D eigenvalue weighted by Gasteiger charge is 2.12. The monoisotopic (exact) mass is 245 g/mol. The molecule has 18 heavy (non-hydrogen) atoms. The Morgan fingerprint density at radius 3 is 2.44 bits per heavy atom. The Balaban J connectivity index is 2.00. The molecular weight excluding hydrogens is 226 g/mol. The van der Waals surface area contributed by atoms with Crippen LogP contribution in [-0.4, -0.2) is 29.0 Å². The Morgan fingerprint density at radius 1 is 1.11 bits per heavy atom. The first-order valence-corrected chi connectivity index (χ1v) is 6.52. The summed E-state index contributed by atoms with van der Waals surface area (Å²) in [6.07, 6.45) is 7.86. The van der Waals surface area contributed by atoms with Gasteiger partial charge in [-0.1, -0.05) is 31.0 Å². The van der Waals surface area contributed by atoms with Crippen molar-refractivity contribution in [2.45, 2.75) is 25.7 Å². The first kappa shape index (κ1) is 12.7. The molecule has 0 spiro atoms. The molecule has 0 atom stereocenters. The number of phenolic OH excluding ortho intramolecular Hbond substituents is 1. The molecule has 96 valence electrons. The first-order chi connectivity index (χ1) is 8.77. The largest absolute Gasteiger partial charge is 0.507 e. The lowest BCUT2D eigenvalue weighted by Crippen LogP contribution is -2.30. The molecule has 2 rings (SSSR count). The van der Waals surface area contributed by atoms with Gasteiger partial charge in [0, 0.05) is 24.7 Å². The maximum Gasteiger partial charge on any atom is 0.246 e. The first-order valence-electron chi connectivity index (χ1n) is 6.52. The molecule has 0 aliphatic carbocycles. The fourth-order valence-corrected chi connectivity index (χ4v) is 2.19. The standard InChI is InChI=1S/C15H19NO2/c17-14-8-4-3-7-13(14)9-10-15(18)16-11-5-1-2-6-12-16/h3-4,7-10,17H,1-2,5-6,11-12H2/b10-9+. The summed E-state index contributed by atoms with van der Waals surface area (Å²) in [5.41, 5.74) is 0.681. The second-order valence-corrected chi connectivity index (χ2v) is 4.63. The van der Waals surface area contributed by atoms with Crippen molar-refractivity contribution < 1.29 is 9.90 Å². The lowest BCUT2D eigenvalue weighted by atomic mass is 10.2. The zero-order valence-electron chi connectivity index (χ0n) is 10.5. The number of likely N-dealkylation sites (tertiary alicyclic amines) is 1. The van der Waals surface area contributed by atoms with Gasteiger partial charge in [-0.05, 0) is 25.0 Å². The van der Waals surface area contributed by atoms with Gasteiger partial charge >= 0.3 is 0 Å². The van der Waals surface area contributed by atoms with Gasteiger partial charge in [-0.2, -0.15) is 0 Å². The van der Waals surface area contributed by atoms with Crippen molar-refractivity contribution in [2.75, 3.05) is 13.1 Å². The topological polar surface area (TPSA) is 40.5 Å². The predicted octanol–water partition coefficient (Wildman–Crippen LogP) is 2.81. The summed E-state index contributed by atoms with van der Waals surface area (Å²) in [5, 5.41) is 9.60. The molecule has 0 radical (unpaired) electrons. The second kappa shape index (κ2) is 6.24. The minimum Gasteiger partial charge on any atom is -0.507 e. The van der Waals surface area contributed by atoms with Gasteiger partial charge in [0.15, 0.2) is 0 Å². The van der Waals surface area contributed by atoms with E-state index in [1.165, 1.54) is 12.8 Å². The molecular formula is C15H19NO2. The number of benzene rings is 1.